The number of rotatable bonds is 4. The molecule has 20 heavy (non-hydrogen) atoms. The Morgan fingerprint density at radius 1 is 1.25 bits per heavy atom. The number of aryl methyl sites for hydroxylation is 1. The van der Waals surface area contributed by atoms with E-state index in [-0.39, 0.29) is 5.82 Å². The molecule has 0 atom stereocenters. The summed E-state index contributed by atoms with van der Waals surface area (Å²) < 4.78 is 18.2. The SMILES string of the molecule is Cc1cc(CN(C)Cc2cc3cc(F)ccc3[nH]2)no1. The van der Waals surface area contributed by atoms with Crippen molar-refractivity contribution in [1.29, 1.82) is 0 Å². The van der Waals surface area contributed by atoms with E-state index in [1.54, 1.807) is 6.07 Å². The fourth-order valence-corrected chi connectivity index (χ4v) is 2.36. The predicted molar refractivity (Wildman–Crippen MR) is 74.7 cm³/mol. The molecule has 0 aliphatic heterocycles. The standard InChI is InChI=1S/C15H16FN3O/c1-10-5-14(18-20-10)9-19(2)8-13-7-11-6-12(16)3-4-15(11)17-13/h3-7,17H,8-9H2,1-2H3. The molecule has 0 spiro atoms. The number of nitrogens with zero attached hydrogens (tertiary/aromatic N) is 2. The van der Waals surface area contributed by atoms with Crippen LogP contribution < -0.4 is 0 Å². The van der Waals surface area contributed by atoms with Gasteiger partial charge in [0.1, 0.15) is 11.6 Å². The highest BCUT2D eigenvalue weighted by molar-refractivity contribution is 5.80. The molecule has 104 valence electrons. The lowest BCUT2D eigenvalue weighted by Gasteiger charge is -2.13. The van der Waals surface area contributed by atoms with Gasteiger partial charge >= 0.3 is 0 Å². The number of nitrogens with one attached hydrogen (secondary N) is 1. The Morgan fingerprint density at radius 2 is 2.10 bits per heavy atom. The van der Waals surface area contributed by atoms with Crippen molar-refractivity contribution < 1.29 is 8.91 Å². The Bertz CT molecular complexity index is 732. The van der Waals surface area contributed by atoms with E-state index in [0.29, 0.717) is 6.54 Å². The van der Waals surface area contributed by atoms with Crippen molar-refractivity contribution in [3.8, 4) is 0 Å². The Hall–Kier alpha value is -2.14. The Balaban J connectivity index is 1.72. The molecule has 0 bridgehead atoms. The lowest BCUT2D eigenvalue weighted by Crippen LogP contribution is -2.17. The van der Waals surface area contributed by atoms with Crippen LogP contribution in [0.1, 0.15) is 17.1 Å². The third-order valence-electron chi connectivity index (χ3n) is 3.19. The summed E-state index contributed by atoms with van der Waals surface area (Å²) in [4.78, 5) is 5.42. The number of H-pyrrole nitrogens is 1. The van der Waals surface area contributed by atoms with Crippen LogP contribution >= 0.6 is 0 Å². The lowest BCUT2D eigenvalue weighted by molar-refractivity contribution is 0.299. The fourth-order valence-electron chi connectivity index (χ4n) is 2.36. The third-order valence-corrected chi connectivity index (χ3v) is 3.19. The molecule has 0 fully saturated rings. The van der Waals surface area contributed by atoms with Gasteiger partial charge in [0.2, 0.25) is 0 Å². The van der Waals surface area contributed by atoms with Crippen molar-refractivity contribution in [2.45, 2.75) is 20.0 Å². The number of hydrogen-bond acceptors (Lipinski definition) is 3. The van der Waals surface area contributed by atoms with Crippen LogP contribution in [0.5, 0.6) is 0 Å². The van der Waals surface area contributed by atoms with Crippen molar-refractivity contribution in [3.05, 3.63) is 53.3 Å². The molecular formula is C15H16FN3O. The minimum Gasteiger partial charge on any atom is -0.361 e. The van der Waals surface area contributed by atoms with Gasteiger partial charge in [0.15, 0.2) is 0 Å². The average molecular weight is 273 g/mol. The minimum atomic E-state index is -0.213. The van der Waals surface area contributed by atoms with Gasteiger partial charge in [-0.2, -0.15) is 0 Å². The van der Waals surface area contributed by atoms with Crippen LogP contribution in [-0.2, 0) is 13.1 Å². The van der Waals surface area contributed by atoms with Gasteiger partial charge in [-0.25, -0.2) is 4.39 Å². The summed E-state index contributed by atoms with van der Waals surface area (Å²) in [5.74, 6) is 0.601. The van der Waals surface area contributed by atoms with Crippen molar-refractivity contribution in [2.24, 2.45) is 0 Å². The molecule has 3 rings (SSSR count). The van der Waals surface area contributed by atoms with E-state index >= 15 is 0 Å². The van der Waals surface area contributed by atoms with Crippen molar-refractivity contribution in [2.75, 3.05) is 7.05 Å². The maximum atomic E-state index is 13.2. The summed E-state index contributed by atoms with van der Waals surface area (Å²) in [7, 11) is 2.01. The van der Waals surface area contributed by atoms with Gasteiger partial charge in [-0.05, 0) is 38.2 Å². The van der Waals surface area contributed by atoms with E-state index in [4.69, 9.17) is 4.52 Å². The van der Waals surface area contributed by atoms with E-state index < -0.39 is 0 Å². The van der Waals surface area contributed by atoms with E-state index in [2.05, 4.69) is 15.0 Å². The molecule has 0 unspecified atom stereocenters. The highest BCUT2D eigenvalue weighted by Gasteiger charge is 2.08. The Labute approximate surface area is 116 Å². The molecule has 1 aromatic carbocycles. The quantitative estimate of drug-likeness (QED) is 0.793. The van der Waals surface area contributed by atoms with E-state index in [1.807, 2.05) is 26.1 Å². The molecule has 3 aromatic rings. The summed E-state index contributed by atoms with van der Waals surface area (Å²) in [5.41, 5.74) is 2.91. The van der Waals surface area contributed by atoms with Crippen LogP contribution in [0.15, 0.2) is 34.9 Å². The smallest absolute Gasteiger partial charge is 0.133 e. The molecule has 5 heteroatoms. The van der Waals surface area contributed by atoms with Crippen LogP contribution in [0.25, 0.3) is 10.9 Å². The molecule has 4 nitrogen and oxygen atoms in total. The molecule has 0 saturated carbocycles. The zero-order valence-electron chi connectivity index (χ0n) is 11.5. The predicted octanol–water partition coefficient (Wildman–Crippen LogP) is 3.24. The van der Waals surface area contributed by atoms with E-state index in [9.17, 15) is 4.39 Å². The second kappa shape index (κ2) is 5.09. The summed E-state index contributed by atoms with van der Waals surface area (Å²) in [6, 6.07) is 8.66. The zero-order valence-corrected chi connectivity index (χ0v) is 11.5. The first-order valence-electron chi connectivity index (χ1n) is 6.48. The van der Waals surface area contributed by atoms with Gasteiger partial charge in [-0.3, -0.25) is 4.90 Å². The van der Waals surface area contributed by atoms with Gasteiger partial charge < -0.3 is 9.51 Å². The molecular weight excluding hydrogens is 257 g/mol. The normalized spacial score (nSPS) is 11.6. The molecule has 0 aliphatic rings. The highest BCUT2D eigenvalue weighted by Crippen LogP contribution is 2.18. The first-order valence-corrected chi connectivity index (χ1v) is 6.48. The van der Waals surface area contributed by atoms with E-state index in [0.717, 1.165) is 34.6 Å². The first-order chi connectivity index (χ1) is 9.60. The number of halogens is 1. The van der Waals surface area contributed by atoms with Crippen molar-refractivity contribution in [1.82, 2.24) is 15.0 Å². The molecule has 1 N–H and O–H groups in total. The van der Waals surface area contributed by atoms with Crippen LogP contribution in [-0.4, -0.2) is 22.1 Å². The van der Waals surface area contributed by atoms with Crippen LogP contribution in [0.3, 0.4) is 0 Å². The van der Waals surface area contributed by atoms with Gasteiger partial charge in [-0.1, -0.05) is 5.16 Å². The zero-order chi connectivity index (χ0) is 14.1. The lowest BCUT2D eigenvalue weighted by atomic mass is 10.2. The number of aromatic nitrogens is 2. The van der Waals surface area contributed by atoms with Crippen LogP contribution in [0.4, 0.5) is 4.39 Å². The molecule has 0 amide bonds. The minimum absolute atomic E-state index is 0.213. The van der Waals surface area contributed by atoms with E-state index in [1.165, 1.54) is 12.1 Å². The van der Waals surface area contributed by atoms with Crippen LogP contribution in [0.2, 0.25) is 0 Å². The topological polar surface area (TPSA) is 45.1 Å². The molecule has 0 aliphatic carbocycles. The summed E-state index contributed by atoms with van der Waals surface area (Å²) in [6.07, 6.45) is 0. The maximum Gasteiger partial charge on any atom is 0.133 e. The summed E-state index contributed by atoms with van der Waals surface area (Å²) in [6.45, 7) is 3.33. The monoisotopic (exact) mass is 273 g/mol. The highest BCUT2D eigenvalue weighted by atomic mass is 19.1. The van der Waals surface area contributed by atoms with Gasteiger partial charge in [-0.15, -0.1) is 0 Å². The second-order valence-electron chi connectivity index (χ2n) is 5.13. The summed E-state index contributed by atoms with van der Waals surface area (Å²) >= 11 is 0. The largest absolute Gasteiger partial charge is 0.361 e. The maximum absolute atomic E-state index is 13.2. The van der Waals surface area contributed by atoms with Crippen molar-refractivity contribution in [3.63, 3.8) is 0 Å². The average Bonchev–Trinajstić information content (AvgIpc) is 2.94. The number of aromatic amines is 1. The number of benzene rings is 1. The molecule has 2 heterocycles. The second-order valence-corrected chi connectivity index (χ2v) is 5.13. The summed E-state index contributed by atoms with van der Waals surface area (Å²) in [5, 5.41) is 4.87. The fraction of sp³-hybridized carbons (Fsp3) is 0.267. The van der Waals surface area contributed by atoms with Crippen LogP contribution in [0, 0.1) is 12.7 Å². The van der Waals surface area contributed by atoms with Gasteiger partial charge in [0, 0.05) is 35.8 Å². The number of hydrogen-bond donors (Lipinski definition) is 1. The number of fused-ring (bicyclic) bond motifs is 1. The Kier molecular flexibility index (Phi) is 3.28. The first kappa shape index (κ1) is 12.9. The molecule has 0 saturated heterocycles. The molecule has 2 aromatic heterocycles. The Morgan fingerprint density at radius 3 is 2.85 bits per heavy atom. The molecule has 0 radical (unpaired) electrons. The van der Waals surface area contributed by atoms with Gasteiger partial charge in [0.05, 0.1) is 5.69 Å². The third kappa shape index (κ3) is 2.72. The van der Waals surface area contributed by atoms with Gasteiger partial charge in [0.25, 0.3) is 0 Å². The van der Waals surface area contributed by atoms with Crippen molar-refractivity contribution >= 4 is 10.9 Å².